The van der Waals surface area contributed by atoms with Crippen LogP contribution < -0.4 is 4.74 Å². The van der Waals surface area contributed by atoms with E-state index in [0.717, 1.165) is 13.0 Å². The largest absolute Gasteiger partial charge is 0.427 e. The lowest BCUT2D eigenvalue weighted by atomic mass is 10.1. The molecule has 5 nitrogen and oxygen atoms in total. The van der Waals surface area contributed by atoms with Gasteiger partial charge in [-0.05, 0) is 40.9 Å². The van der Waals surface area contributed by atoms with Crippen molar-refractivity contribution < 1.29 is 41.4 Å². The van der Waals surface area contributed by atoms with Crippen LogP contribution >= 0.6 is 23.2 Å². The number of carbonyl (C=O) groups is 2. The van der Waals surface area contributed by atoms with E-state index in [9.17, 15) is 27.2 Å². The van der Waals surface area contributed by atoms with Crippen molar-refractivity contribution in [2.24, 2.45) is 0 Å². The Labute approximate surface area is 142 Å². The molecule has 1 aromatic carbocycles. The normalized spacial score (nSPS) is 20.6. The lowest BCUT2D eigenvalue weighted by Crippen LogP contribution is -2.57. The standard InChI is InChI=1S/C13H8Cl2F4O5/c1-6(20)22-8-4-2-3-7(5-8)9-10(21)24-11(23-9,12(14,16)17)13(15,18)19/h2-5,9H,1H3. The van der Waals surface area contributed by atoms with Crippen LogP contribution in [0.1, 0.15) is 18.6 Å². The van der Waals surface area contributed by atoms with Gasteiger partial charge in [-0.15, -0.1) is 0 Å². The molecule has 1 fully saturated rings. The number of cyclic esters (lactones) is 1. The van der Waals surface area contributed by atoms with Crippen molar-refractivity contribution in [3.63, 3.8) is 0 Å². The molecule has 1 aliphatic rings. The minimum Gasteiger partial charge on any atom is -0.427 e. The van der Waals surface area contributed by atoms with Gasteiger partial charge in [0.1, 0.15) is 5.75 Å². The highest BCUT2D eigenvalue weighted by Crippen LogP contribution is 2.55. The first-order chi connectivity index (χ1) is 10.9. The smallest absolute Gasteiger partial charge is 0.393 e. The number of carbonyl (C=O) groups excluding carboxylic acids is 2. The highest BCUT2D eigenvalue weighted by molar-refractivity contribution is 6.26. The zero-order chi connectivity index (χ0) is 18.3. The van der Waals surface area contributed by atoms with Crippen molar-refractivity contribution in [2.75, 3.05) is 0 Å². The molecule has 1 atom stereocenters. The fraction of sp³-hybridized carbons (Fsp3) is 0.385. The van der Waals surface area contributed by atoms with E-state index >= 15 is 0 Å². The number of benzene rings is 1. The van der Waals surface area contributed by atoms with Gasteiger partial charge in [0.15, 0.2) is 6.10 Å². The van der Waals surface area contributed by atoms with Crippen LogP contribution in [0.4, 0.5) is 17.6 Å². The van der Waals surface area contributed by atoms with E-state index < -0.39 is 34.6 Å². The van der Waals surface area contributed by atoms with Crippen LogP contribution in [0, 0.1) is 0 Å². The molecule has 1 aliphatic heterocycles. The quantitative estimate of drug-likeness (QED) is 0.340. The number of hydrogen-bond acceptors (Lipinski definition) is 5. The van der Waals surface area contributed by atoms with Gasteiger partial charge in [-0.3, -0.25) is 4.79 Å². The Morgan fingerprint density at radius 3 is 2.29 bits per heavy atom. The van der Waals surface area contributed by atoms with Gasteiger partial charge >= 0.3 is 28.5 Å². The van der Waals surface area contributed by atoms with Crippen LogP contribution in [0.5, 0.6) is 5.75 Å². The van der Waals surface area contributed by atoms with Crippen molar-refractivity contribution >= 4 is 35.1 Å². The van der Waals surface area contributed by atoms with Gasteiger partial charge < -0.3 is 14.2 Å². The third kappa shape index (κ3) is 3.28. The fourth-order valence-electron chi connectivity index (χ4n) is 1.95. The number of halogens is 6. The summed E-state index contributed by atoms with van der Waals surface area (Å²) in [6.07, 6.45) is -1.98. The lowest BCUT2D eigenvalue weighted by Gasteiger charge is -2.32. The predicted molar refractivity (Wildman–Crippen MR) is 72.0 cm³/mol. The highest BCUT2D eigenvalue weighted by atomic mass is 35.5. The molecule has 24 heavy (non-hydrogen) atoms. The summed E-state index contributed by atoms with van der Waals surface area (Å²) in [5, 5.41) is -9.65. The Hall–Kier alpha value is -1.58. The van der Waals surface area contributed by atoms with Crippen LogP contribution in [0.25, 0.3) is 0 Å². The van der Waals surface area contributed by atoms with Crippen molar-refractivity contribution in [1.29, 1.82) is 0 Å². The Balaban J connectivity index is 2.41. The molecule has 0 aliphatic carbocycles. The summed E-state index contributed by atoms with van der Waals surface area (Å²) < 4.78 is 66.9. The summed E-state index contributed by atoms with van der Waals surface area (Å²) in [6.45, 7) is 1.10. The Morgan fingerprint density at radius 2 is 1.83 bits per heavy atom. The molecule has 1 saturated heterocycles. The van der Waals surface area contributed by atoms with Gasteiger partial charge in [-0.25, -0.2) is 4.79 Å². The minimum absolute atomic E-state index is 0.0656. The zero-order valence-corrected chi connectivity index (χ0v) is 13.2. The van der Waals surface area contributed by atoms with Crippen molar-refractivity contribution in [3.05, 3.63) is 29.8 Å². The molecule has 0 bridgehead atoms. The van der Waals surface area contributed by atoms with Gasteiger partial charge in [0, 0.05) is 6.92 Å². The SMILES string of the molecule is CC(=O)Oc1cccc(C2OC(C(F)(F)Cl)(C(F)(F)Cl)OC2=O)c1. The van der Waals surface area contributed by atoms with Crippen molar-refractivity contribution in [1.82, 2.24) is 0 Å². The third-order valence-electron chi connectivity index (χ3n) is 2.91. The number of hydrogen-bond donors (Lipinski definition) is 0. The van der Waals surface area contributed by atoms with Gasteiger partial charge in [-0.2, -0.15) is 17.6 Å². The van der Waals surface area contributed by atoms with Crippen molar-refractivity contribution in [3.8, 4) is 5.75 Å². The van der Waals surface area contributed by atoms with Crippen LogP contribution in [0.15, 0.2) is 24.3 Å². The molecule has 0 aromatic heterocycles. The molecule has 1 aromatic rings. The zero-order valence-electron chi connectivity index (χ0n) is 11.7. The first kappa shape index (κ1) is 18.8. The summed E-state index contributed by atoms with van der Waals surface area (Å²) in [6, 6.07) is 4.84. The second-order valence-corrected chi connectivity index (χ2v) is 5.65. The Morgan fingerprint density at radius 1 is 1.25 bits per heavy atom. The van der Waals surface area contributed by atoms with E-state index in [1.807, 2.05) is 0 Å². The summed E-state index contributed by atoms with van der Waals surface area (Å²) in [5.74, 6) is -6.52. The van der Waals surface area contributed by atoms with Crippen molar-refractivity contribution in [2.45, 2.75) is 29.6 Å². The van der Waals surface area contributed by atoms with Gasteiger partial charge in [0.25, 0.3) is 0 Å². The molecule has 0 spiro atoms. The Kier molecular flexibility index (Phi) is 4.73. The molecule has 2 rings (SSSR count). The maximum absolute atomic E-state index is 13.4. The molecule has 0 amide bonds. The van der Waals surface area contributed by atoms with E-state index in [2.05, 4.69) is 32.7 Å². The monoisotopic (exact) mass is 390 g/mol. The second kappa shape index (κ2) is 6.05. The van der Waals surface area contributed by atoms with E-state index in [0.29, 0.717) is 0 Å². The van der Waals surface area contributed by atoms with E-state index in [1.165, 1.54) is 18.2 Å². The highest BCUT2D eigenvalue weighted by Gasteiger charge is 2.77. The average Bonchev–Trinajstić information content (AvgIpc) is 2.76. The van der Waals surface area contributed by atoms with E-state index in [1.54, 1.807) is 0 Å². The average molecular weight is 391 g/mol. The molecule has 1 unspecified atom stereocenters. The number of esters is 2. The maximum Gasteiger partial charge on any atom is 0.393 e. The Bertz CT molecular complexity index is 657. The maximum atomic E-state index is 13.4. The van der Waals surface area contributed by atoms with Gasteiger partial charge in [0.2, 0.25) is 0 Å². The topological polar surface area (TPSA) is 61.8 Å². The first-order valence-corrected chi connectivity index (χ1v) is 6.95. The molecule has 11 heteroatoms. The fourth-order valence-corrected chi connectivity index (χ4v) is 2.41. The molecule has 0 N–H and O–H groups in total. The lowest BCUT2D eigenvalue weighted by molar-refractivity contribution is -0.325. The summed E-state index contributed by atoms with van der Waals surface area (Å²) >= 11 is 9.26. The summed E-state index contributed by atoms with van der Waals surface area (Å²) in [7, 11) is 0. The molecular formula is C13H8Cl2F4O5. The van der Waals surface area contributed by atoms with Crippen LogP contribution in [0.2, 0.25) is 0 Å². The first-order valence-electron chi connectivity index (χ1n) is 6.20. The number of alkyl halides is 6. The molecule has 0 saturated carbocycles. The molecule has 0 radical (unpaired) electrons. The van der Waals surface area contributed by atoms with Gasteiger partial charge in [0.05, 0.1) is 0 Å². The summed E-state index contributed by atoms with van der Waals surface area (Å²) in [4.78, 5) is 22.7. The second-order valence-electron chi connectivity index (χ2n) is 4.70. The van der Waals surface area contributed by atoms with Gasteiger partial charge in [-0.1, -0.05) is 12.1 Å². The summed E-state index contributed by atoms with van der Waals surface area (Å²) in [5.41, 5.74) is -0.178. The molecule has 1 heterocycles. The molecular weight excluding hydrogens is 383 g/mol. The molecule has 132 valence electrons. The number of rotatable bonds is 4. The minimum atomic E-state index is -4.82. The van der Waals surface area contributed by atoms with E-state index in [-0.39, 0.29) is 11.3 Å². The van der Waals surface area contributed by atoms with Crippen LogP contribution in [-0.4, -0.2) is 28.5 Å². The predicted octanol–water partition coefficient (Wildman–Crippen LogP) is 3.59. The van der Waals surface area contributed by atoms with Crippen LogP contribution in [0.3, 0.4) is 0 Å². The van der Waals surface area contributed by atoms with E-state index in [4.69, 9.17) is 4.74 Å². The third-order valence-corrected chi connectivity index (χ3v) is 3.41. The van der Waals surface area contributed by atoms with Crippen LogP contribution in [-0.2, 0) is 19.1 Å². The number of ether oxygens (including phenoxy) is 3.